The van der Waals surface area contributed by atoms with Crippen LogP contribution in [0.15, 0.2) is 12.1 Å². The van der Waals surface area contributed by atoms with E-state index in [9.17, 15) is 20.2 Å². The SMILES string of the molecule is Cc1cc(-n2nc(C)c([N+](=O)[O-])c2C)cc([N+](=O)[O-])c1C. The van der Waals surface area contributed by atoms with E-state index in [0.717, 1.165) is 5.56 Å². The average molecular weight is 290 g/mol. The predicted octanol–water partition coefficient (Wildman–Crippen LogP) is 2.92. The van der Waals surface area contributed by atoms with Gasteiger partial charge in [-0.25, -0.2) is 4.68 Å². The van der Waals surface area contributed by atoms with Gasteiger partial charge in [0.1, 0.15) is 11.4 Å². The molecule has 8 heteroatoms. The molecule has 1 heterocycles. The van der Waals surface area contributed by atoms with Crippen LogP contribution < -0.4 is 0 Å². The zero-order valence-electron chi connectivity index (χ0n) is 12.1. The first kappa shape index (κ1) is 14.6. The van der Waals surface area contributed by atoms with Crippen molar-refractivity contribution >= 4 is 11.4 Å². The quantitative estimate of drug-likeness (QED) is 0.638. The first-order valence-corrected chi connectivity index (χ1v) is 6.20. The van der Waals surface area contributed by atoms with Crippen LogP contribution >= 0.6 is 0 Å². The van der Waals surface area contributed by atoms with Gasteiger partial charge in [0.05, 0.1) is 15.5 Å². The second kappa shape index (κ2) is 4.97. The molecular formula is C13H14N4O4. The van der Waals surface area contributed by atoms with Crippen LogP contribution in [0.5, 0.6) is 0 Å². The molecule has 0 radical (unpaired) electrons. The highest BCUT2D eigenvalue weighted by molar-refractivity contribution is 5.54. The van der Waals surface area contributed by atoms with E-state index >= 15 is 0 Å². The van der Waals surface area contributed by atoms with Crippen LogP contribution in [0.1, 0.15) is 22.5 Å². The molecule has 1 aromatic heterocycles. The Bertz CT molecular complexity index is 764. The van der Waals surface area contributed by atoms with E-state index in [1.54, 1.807) is 26.8 Å². The third-order valence-corrected chi connectivity index (χ3v) is 3.50. The first-order chi connectivity index (χ1) is 9.73. The monoisotopic (exact) mass is 290 g/mol. The van der Waals surface area contributed by atoms with E-state index < -0.39 is 9.85 Å². The van der Waals surface area contributed by atoms with Crippen LogP contribution in [0.3, 0.4) is 0 Å². The molecule has 21 heavy (non-hydrogen) atoms. The molecule has 110 valence electrons. The van der Waals surface area contributed by atoms with Crippen molar-refractivity contribution in [2.24, 2.45) is 0 Å². The zero-order valence-corrected chi connectivity index (χ0v) is 12.1. The molecule has 0 saturated carbocycles. The van der Waals surface area contributed by atoms with Crippen molar-refractivity contribution in [3.8, 4) is 5.69 Å². The summed E-state index contributed by atoms with van der Waals surface area (Å²) in [5.41, 5.74) is 2.26. The van der Waals surface area contributed by atoms with Crippen molar-refractivity contribution in [3.05, 3.63) is 54.9 Å². The van der Waals surface area contributed by atoms with Gasteiger partial charge in [-0.2, -0.15) is 5.10 Å². The summed E-state index contributed by atoms with van der Waals surface area (Å²) in [4.78, 5) is 21.2. The largest absolute Gasteiger partial charge is 0.313 e. The molecule has 0 N–H and O–H groups in total. The molecule has 2 rings (SSSR count). The lowest BCUT2D eigenvalue weighted by Gasteiger charge is -2.08. The van der Waals surface area contributed by atoms with Gasteiger partial charge in [-0.15, -0.1) is 0 Å². The maximum atomic E-state index is 11.1. The highest BCUT2D eigenvalue weighted by Gasteiger charge is 2.24. The summed E-state index contributed by atoms with van der Waals surface area (Å²) in [5, 5.41) is 26.2. The number of rotatable bonds is 3. The number of nitrogens with zero attached hydrogens (tertiary/aromatic N) is 4. The van der Waals surface area contributed by atoms with Crippen LogP contribution in [0, 0.1) is 47.9 Å². The third kappa shape index (κ3) is 2.35. The maximum Gasteiger partial charge on any atom is 0.313 e. The van der Waals surface area contributed by atoms with Crippen molar-refractivity contribution in [1.29, 1.82) is 0 Å². The fraction of sp³-hybridized carbons (Fsp3) is 0.308. The first-order valence-electron chi connectivity index (χ1n) is 6.20. The van der Waals surface area contributed by atoms with Crippen molar-refractivity contribution in [2.75, 3.05) is 0 Å². The number of nitro benzene ring substituents is 1. The normalized spacial score (nSPS) is 10.7. The molecular weight excluding hydrogens is 276 g/mol. The van der Waals surface area contributed by atoms with E-state index in [1.807, 2.05) is 0 Å². The standard InChI is InChI=1S/C13H14N4O4/c1-7-5-11(6-12(8(7)2)16(18)19)15-10(4)13(17(20)21)9(3)14-15/h5-6H,1-4H3. The minimum Gasteiger partial charge on any atom is -0.258 e. The van der Waals surface area contributed by atoms with Crippen molar-refractivity contribution in [1.82, 2.24) is 9.78 Å². The Morgan fingerprint density at radius 2 is 1.67 bits per heavy atom. The highest BCUT2D eigenvalue weighted by atomic mass is 16.6. The van der Waals surface area contributed by atoms with Crippen LogP contribution in [-0.4, -0.2) is 19.6 Å². The lowest BCUT2D eigenvalue weighted by atomic mass is 10.1. The molecule has 0 unspecified atom stereocenters. The van der Waals surface area contributed by atoms with Crippen LogP contribution in [0.4, 0.5) is 11.4 Å². The molecule has 8 nitrogen and oxygen atoms in total. The molecule has 1 aromatic carbocycles. The second-order valence-corrected chi connectivity index (χ2v) is 4.85. The van der Waals surface area contributed by atoms with E-state index in [2.05, 4.69) is 5.10 Å². The van der Waals surface area contributed by atoms with Gasteiger partial charge in [0, 0.05) is 11.6 Å². The molecule has 0 aliphatic rings. The molecule has 0 amide bonds. The van der Waals surface area contributed by atoms with Gasteiger partial charge in [-0.05, 0) is 39.3 Å². The van der Waals surface area contributed by atoms with Gasteiger partial charge < -0.3 is 0 Å². The van der Waals surface area contributed by atoms with Gasteiger partial charge in [0.2, 0.25) is 0 Å². The van der Waals surface area contributed by atoms with Gasteiger partial charge in [0.15, 0.2) is 0 Å². The summed E-state index contributed by atoms with van der Waals surface area (Å²) in [6, 6.07) is 3.11. The van der Waals surface area contributed by atoms with Gasteiger partial charge in [0.25, 0.3) is 5.69 Å². The van der Waals surface area contributed by atoms with Crippen molar-refractivity contribution in [2.45, 2.75) is 27.7 Å². The summed E-state index contributed by atoms with van der Waals surface area (Å²) < 4.78 is 1.37. The number of hydrogen-bond acceptors (Lipinski definition) is 5. The van der Waals surface area contributed by atoms with Crippen LogP contribution in [0.25, 0.3) is 5.69 Å². The predicted molar refractivity (Wildman–Crippen MR) is 75.8 cm³/mol. The molecule has 2 aromatic rings. The average Bonchev–Trinajstić information content (AvgIpc) is 2.67. The number of aromatic nitrogens is 2. The summed E-state index contributed by atoms with van der Waals surface area (Å²) in [7, 11) is 0. The highest BCUT2D eigenvalue weighted by Crippen LogP contribution is 2.29. The van der Waals surface area contributed by atoms with Crippen LogP contribution in [-0.2, 0) is 0 Å². The van der Waals surface area contributed by atoms with E-state index in [-0.39, 0.29) is 17.1 Å². The summed E-state index contributed by atoms with van der Waals surface area (Å²) in [6.45, 7) is 6.53. The maximum absolute atomic E-state index is 11.1. The summed E-state index contributed by atoms with van der Waals surface area (Å²) >= 11 is 0. The minimum atomic E-state index is -0.496. The van der Waals surface area contributed by atoms with E-state index in [1.165, 1.54) is 17.7 Å². The van der Waals surface area contributed by atoms with Crippen LogP contribution in [0.2, 0.25) is 0 Å². The second-order valence-electron chi connectivity index (χ2n) is 4.85. The smallest absolute Gasteiger partial charge is 0.258 e. The topological polar surface area (TPSA) is 104 Å². The van der Waals surface area contributed by atoms with E-state index in [4.69, 9.17) is 0 Å². The number of hydrogen-bond donors (Lipinski definition) is 0. The fourth-order valence-corrected chi connectivity index (χ4v) is 2.28. The summed E-state index contributed by atoms with van der Waals surface area (Å²) in [5.74, 6) is 0. The van der Waals surface area contributed by atoms with Crippen molar-refractivity contribution in [3.63, 3.8) is 0 Å². The van der Waals surface area contributed by atoms with Gasteiger partial charge >= 0.3 is 5.69 Å². The summed E-state index contributed by atoms with van der Waals surface area (Å²) in [6.07, 6.45) is 0. The Hall–Kier alpha value is -2.77. The van der Waals surface area contributed by atoms with Crippen molar-refractivity contribution < 1.29 is 9.85 Å². The molecule has 0 spiro atoms. The molecule has 0 atom stereocenters. The molecule has 0 aliphatic carbocycles. The number of benzene rings is 1. The molecule has 0 saturated heterocycles. The Labute approximate surface area is 120 Å². The van der Waals surface area contributed by atoms with Gasteiger partial charge in [-0.1, -0.05) is 0 Å². The number of nitro groups is 2. The molecule has 0 fully saturated rings. The minimum absolute atomic E-state index is 0.0276. The van der Waals surface area contributed by atoms with E-state index in [0.29, 0.717) is 16.9 Å². The lowest BCUT2D eigenvalue weighted by Crippen LogP contribution is -2.03. The third-order valence-electron chi connectivity index (χ3n) is 3.50. The Balaban J connectivity index is 2.71. The molecule has 0 bridgehead atoms. The van der Waals surface area contributed by atoms with Gasteiger partial charge in [-0.3, -0.25) is 20.2 Å². The number of aryl methyl sites for hydroxylation is 2. The Morgan fingerprint density at radius 3 is 2.14 bits per heavy atom. The zero-order chi connectivity index (χ0) is 15.9. The molecule has 0 aliphatic heterocycles. The fourth-order valence-electron chi connectivity index (χ4n) is 2.28. The lowest BCUT2D eigenvalue weighted by molar-refractivity contribution is -0.386. The Kier molecular flexibility index (Phi) is 3.46. The Morgan fingerprint density at radius 1 is 1.05 bits per heavy atom.